The first-order valence-electron chi connectivity index (χ1n) is 8.93. The van der Waals surface area contributed by atoms with E-state index < -0.39 is 11.8 Å². The van der Waals surface area contributed by atoms with Gasteiger partial charge in [0.2, 0.25) is 0 Å². The minimum absolute atomic E-state index is 0.210. The summed E-state index contributed by atoms with van der Waals surface area (Å²) in [5.41, 5.74) is 4.11. The third kappa shape index (κ3) is 3.18. The van der Waals surface area contributed by atoms with Crippen LogP contribution in [0.4, 0.5) is 0 Å². The molecule has 5 heteroatoms. The molecular formula is C23H18N2O3. The van der Waals surface area contributed by atoms with Crippen LogP contribution in [0.2, 0.25) is 0 Å². The molecule has 0 aliphatic carbocycles. The predicted molar refractivity (Wildman–Crippen MR) is 106 cm³/mol. The van der Waals surface area contributed by atoms with Crippen molar-refractivity contribution in [1.29, 1.82) is 0 Å². The zero-order valence-electron chi connectivity index (χ0n) is 15.3. The summed E-state index contributed by atoms with van der Waals surface area (Å²) in [6, 6.07) is 22.6. The number of rotatable bonds is 4. The zero-order valence-corrected chi connectivity index (χ0v) is 15.3. The Morgan fingerprint density at radius 3 is 2.29 bits per heavy atom. The second-order valence-corrected chi connectivity index (χ2v) is 6.73. The number of hydrogen-bond donors (Lipinski definition) is 1. The lowest BCUT2D eigenvalue weighted by Crippen LogP contribution is -2.26. The molecule has 28 heavy (non-hydrogen) atoms. The average Bonchev–Trinajstić information content (AvgIpc) is 3.01. The van der Waals surface area contributed by atoms with Gasteiger partial charge in [0.1, 0.15) is 0 Å². The number of benzene rings is 3. The minimum atomic E-state index is -0.466. The normalized spacial score (nSPS) is 12.5. The fraction of sp³-hybridized carbons (Fsp3) is 0.0870. The van der Waals surface area contributed by atoms with Gasteiger partial charge in [-0.25, -0.2) is 0 Å². The van der Waals surface area contributed by atoms with Gasteiger partial charge in [-0.2, -0.15) is 0 Å². The number of nitrogens with zero attached hydrogens (tertiary/aromatic N) is 1. The van der Waals surface area contributed by atoms with Crippen molar-refractivity contribution in [2.75, 3.05) is 7.05 Å². The van der Waals surface area contributed by atoms with E-state index in [1.54, 1.807) is 18.0 Å². The lowest BCUT2D eigenvalue weighted by molar-refractivity contribution is 0.0784. The molecule has 0 bridgehead atoms. The van der Waals surface area contributed by atoms with Gasteiger partial charge < -0.3 is 4.90 Å². The van der Waals surface area contributed by atoms with E-state index >= 15 is 0 Å². The number of carbonyl (C=O) groups is 3. The fourth-order valence-electron chi connectivity index (χ4n) is 3.41. The predicted octanol–water partition coefficient (Wildman–Crippen LogP) is 3.51. The van der Waals surface area contributed by atoms with E-state index in [0.29, 0.717) is 17.7 Å². The summed E-state index contributed by atoms with van der Waals surface area (Å²) in [6.45, 7) is 0.423. The van der Waals surface area contributed by atoms with Gasteiger partial charge in [-0.1, -0.05) is 54.6 Å². The van der Waals surface area contributed by atoms with Crippen LogP contribution in [-0.2, 0) is 6.54 Å². The summed E-state index contributed by atoms with van der Waals surface area (Å²) >= 11 is 0. The summed E-state index contributed by atoms with van der Waals surface area (Å²) in [7, 11) is 1.72. The Labute approximate surface area is 162 Å². The molecule has 5 nitrogen and oxygen atoms in total. The summed E-state index contributed by atoms with van der Waals surface area (Å²) in [5.74, 6) is -1.10. The van der Waals surface area contributed by atoms with Crippen LogP contribution in [0.15, 0.2) is 72.8 Å². The van der Waals surface area contributed by atoms with E-state index in [1.165, 1.54) is 12.1 Å². The lowest BCUT2D eigenvalue weighted by Gasteiger charge is -2.20. The largest absolute Gasteiger partial charge is 0.337 e. The van der Waals surface area contributed by atoms with Crippen molar-refractivity contribution in [3.8, 4) is 11.1 Å². The Hall–Kier alpha value is -3.73. The fourth-order valence-corrected chi connectivity index (χ4v) is 3.41. The maximum absolute atomic E-state index is 12.9. The standard InChI is InChI=1S/C23H18N2O3/c1-25(14-17-9-5-6-10-18(17)15-7-3-2-4-8-15)23(28)16-11-12-19-20(13-16)22(27)24-21(19)26/h2-13H,14H2,1H3,(H,24,26,27). The van der Waals surface area contributed by atoms with Gasteiger partial charge in [-0.3, -0.25) is 19.7 Å². The van der Waals surface area contributed by atoms with E-state index in [4.69, 9.17) is 0 Å². The topological polar surface area (TPSA) is 66.5 Å². The van der Waals surface area contributed by atoms with Crippen LogP contribution in [0.5, 0.6) is 0 Å². The number of fused-ring (bicyclic) bond motifs is 1. The molecule has 0 fully saturated rings. The van der Waals surface area contributed by atoms with Gasteiger partial charge in [0.05, 0.1) is 11.1 Å². The van der Waals surface area contributed by atoms with Crippen molar-refractivity contribution in [2.45, 2.75) is 6.54 Å². The molecule has 3 amide bonds. The van der Waals surface area contributed by atoms with Crippen LogP contribution < -0.4 is 5.32 Å². The molecule has 0 saturated carbocycles. The van der Waals surface area contributed by atoms with Gasteiger partial charge in [-0.15, -0.1) is 0 Å². The highest BCUT2D eigenvalue weighted by Crippen LogP contribution is 2.25. The first-order valence-corrected chi connectivity index (χ1v) is 8.93. The van der Waals surface area contributed by atoms with Crippen molar-refractivity contribution < 1.29 is 14.4 Å². The van der Waals surface area contributed by atoms with Gasteiger partial charge in [-0.05, 0) is 34.9 Å². The second-order valence-electron chi connectivity index (χ2n) is 6.73. The van der Waals surface area contributed by atoms with E-state index in [1.807, 2.05) is 54.6 Å². The van der Waals surface area contributed by atoms with Crippen LogP contribution in [0.3, 0.4) is 0 Å². The third-order valence-corrected chi connectivity index (χ3v) is 4.84. The molecule has 1 aliphatic heterocycles. The number of hydrogen-bond acceptors (Lipinski definition) is 3. The minimum Gasteiger partial charge on any atom is -0.337 e. The molecule has 4 rings (SSSR count). The molecule has 1 heterocycles. The summed E-state index contributed by atoms with van der Waals surface area (Å²) < 4.78 is 0. The first kappa shape index (κ1) is 17.7. The van der Waals surface area contributed by atoms with Crippen LogP contribution >= 0.6 is 0 Å². The molecule has 0 aromatic heterocycles. The van der Waals surface area contributed by atoms with Crippen LogP contribution in [0, 0.1) is 0 Å². The van der Waals surface area contributed by atoms with Gasteiger partial charge in [0.25, 0.3) is 17.7 Å². The Balaban J connectivity index is 1.59. The summed E-state index contributed by atoms with van der Waals surface area (Å²) in [4.78, 5) is 38.0. The highest BCUT2D eigenvalue weighted by molar-refractivity contribution is 6.22. The van der Waals surface area contributed by atoms with Crippen LogP contribution in [0.25, 0.3) is 11.1 Å². The van der Waals surface area contributed by atoms with Crippen molar-refractivity contribution in [3.63, 3.8) is 0 Å². The quantitative estimate of drug-likeness (QED) is 0.715. The Kier molecular flexibility index (Phi) is 4.49. The maximum atomic E-state index is 12.9. The Morgan fingerprint density at radius 2 is 1.50 bits per heavy atom. The van der Waals surface area contributed by atoms with Crippen molar-refractivity contribution >= 4 is 17.7 Å². The van der Waals surface area contributed by atoms with Gasteiger partial charge >= 0.3 is 0 Å². The van der Waals surface area contributed by atoms with E-state index in [9.17, 15) is 14.4 Å². The van der Waals surface area contributed by atoms with Gasteiger partial charge in [0.15, 0.2) is 0 Å². The van der Waals surface area contributed by atoms with E-state index in [2.05, 4.69) is 5.32 Å². The van der Waals surface area contributed by atoms with Crippen molar-refractivity contribution in [1.82, 2.24) is 10.2 Å². The molecule has 1 N–H and O–H groups in total. The van der Waals surface area contributed by atoms with Crippen LogP contribution in [0.1, 0.15) is 36.6 Å². The highest BCUT2D eigenvalue weighted by atomic mass is 16.2. The monoisotopic (exact) mass is 370 g/mol. The zero-order chi connectivity index (χ0) is 19.7. The molecule has 3 aromatic carbocycles. The van der Waals surface area contributed by atoms with Crippen molar-refractivity contribution in [3.05, 3.63) is 95.1 Å². The molecule has 138 valence electrons. The Bertz CT molecular complexity index is 1090. The molecule has 0 atom stereocenters. The molecular weight excluding hydrogens is 352 g/mol. The summed E-state index contributed by atoms with van der Waals surface area (Å²) in [6.07, 6.45) is 0. The molecule has 0 radical (unpaired) electrons. The molecule has 0 unspecified atom stereocenters. The van der Waals surface area contributed by atoms with E-state index in [0.717, 1.165) is 16.7 Å². The molecule has 0 saturated heterocycles. The Morgan fingerprint density at radius 1 is 0.821 bits per heavy atom. The second kappa shape index (κ2) is 7.12. The molecule has 0 spiro atoms. The van der Waals surface area contributed by atoms with Crippen molar-refractivity contribution in [2.24, 2.45) is 0 Å². The number of nitrogens with one attached hydrogen (secondary N) is 1. The van der Waals surface area contributed by atoms with Crippen LogP contribution in [-0.4, -0.2) is 29.7 Å². The maximum Gasteiger partial charge on any atom is 0.258 e. The highest BCUT2D eigenvalue weighted by Gasteiger charge is 2.28. The number of carbonyl (C=O) groups excluding carboxylic acids is 3. The SMILES string of the molecule is CN(Cc1ccccc1-c1ccccc1)C(=O)c1ccc2c(c1)C(=O)NC2=O. The summed E-state index contributed by atoms with van der Waals surface area (Å²) in [5, 5.41) is 2.24. The third-order valence-electron chi connectivity index (χ3n) is 4.84. The van der Waals surface area contributed by atoms with E-state index in [-0.39, 0.29) is 11.5 Å². The molecule has 3 aromatic rings. The lowest BCUT2D eigenvalue weighted by atomic mass is 9.99. The van der Waals surface area contributed by atoms with Gasteiger partial charge in [0, 0.05) is 19.2 Å². The number of amides is 3. The smallest absolute Gasteiger partial charge is 0.258 e. The molecule has 1 aliphatic rings. The average molecular weight is 370 g/mol. The number of imide groups is 1. The first-order chi connectivity index (χ1) is 13.5.